The lowest BCUT2D eigenvalue weighted by Gasteiger charge is -2.34. The maximum Gasteiger partial charge on any atom is 0.0989 e. The second-order valence-corrected chi connectivity index (χ2v) is 4.80. The highest BCUT2D eigenvalue weighted by atomic mass is 15.2. The van der Waals surface area contributed by atoms with Crippen LogP contribution in [0, 0.1) is 11.3 Å². The van der Waals surface area contributed by atoms with Gasteiger partial charge in [-0.15, -0.1) is 0 Å². The molecule has 0 aliphatic heterocycles. The summed E-state index contributed by atoms with van der Waals surface area (Å²) in [5.74, 6) is 1.44. The molecule has 0 unspecified atom stereocenters. The lowest BCUT2D eigenvalue weighted by atomic mass is 9.87. The molecule has 1 rings (SSSR count). The minimum Gasteiger partial charge on any atom is -0.360 e. The third kappa shape index (κ3) is 3.22. The fourth-order valence-corrected chi connectivity index (χ4v) is 2.70. The Morgan fingerprint density at radius 2 is 1.73 bits per heavy atom. The summed E-state index contributed by atoms with van der Waals surface area (Å²) in [6, 6.07) is 0.569. The van der Waals surface area contributed by atoms with E-state index in [1.54, 1.807) is 0 Å². The number of rotatable bonds is 4. The molecule has 0 saturated heterocycles. The first kappa shape index (κ1) is 12.5. The molecule has 0 aromatic carbocycles. The Labute approximate surface area is 94.6 Å². The number of hydrogen-bond acceptors (Lipinski definition) is 1. The lowest BCUT2D eigenvalue weighted by Crippen LogP contribution is -2.40. The average molecular weight is 210 g/mol. The monoisotopic (exact) mass is 210 g/mol. The summed E-state index contributed by atoms with van der Waals surface area (Å²) in [6.07, 6.45) is 8.81. The van der Waals surface area contributed by atoms with E-state index in [-0.39, 0.29) is 0 Å². The molecule has 0 spiro atoms. The van der Waals surface area contributed by atoms with Gasteiger partial charge in [0.25, 0.3) is 0 Å². The van der Waals surface area contributed by atoms with Crippen LogP contribution in [-0.4, -0.2) is 23.8 Å². The van der Waals surface area contributed by atoms with Gasteiger partial charge in [-0.2, -0.15) is 0 Å². The lowest BCUT2D eigenvalue weighted by molar-refractivity contribution is 0.308. The minimum atomic E-state index is 0.546. The van der Waals surface area contributed by atoms with Crippen molar-refractivity contribution in [3.8, 4) is 0 Å². The highest BCUT2D eigenvalue weighted by Gasteiger charge is 2.23. The largest absolute Gasteiger partial charge is 0.360 e. The Morgan fingerprint density at radius 1 is 1.20 bits per heavy atom. The average Bonchev–Trinajstić information content (AvgIpc) is 2.30. The molecule has 0 radical (unpaired) electrons. The summed E-state index contributed by atoms with van der Waals surface area (Å²) in [7, 11) is 2.11. The van der Waals surface area contributed by atoms with Gasteiger partial charge in [0.2, 0.25) is 0 Å². The van der Waals surface area contributed by atoms with E-state index in [0.29, 0.717) is 12.0 Å². The Balaban J connectivity index is 2.49. The zero-order valence-corrected chi connectivity index (χ0v) is 10.6. The molecule has 1 aliphatic rings. The smallest absolute Gasteiger partial charge is 0.0989 e. The van der Waals surface area contributed by atoms with E-state index in [0.717, 1.165) is 18.7 Å². The van der Waals surface area contributed by atoms with Crippen molar-refractivity contribution in [3.05, 3.63) is 0 Å². The van der Waals surface area contributed by atoms with Crippen LogP contribution < -0.4 is 0 Å². The Morgan fingerprint density at radius 3 is 2.20 bits per heavy atom. The summed E-state index contributed by atoms with van der Waals surface area (Å²) in [6.45, 7) is 4.44. The molecule has 2 heteroatoms. The molecule has 0 aromatic rings. The Kier molecular flexibility index (Phi) is 5.13. The summed E-state index contributed by atoms with van der Waals surface area (Å²) in [5, 5.41) is 8.25. The highest BCUT2D eigenvalue weighted by Crippen LogP contribution is 2.26. The zero-order chi connectivity index (χ0) is 11.3. The molecule has 0 atom stereocenters. The zero-order valence-electron chi connectivity index (χ0n) is 10.6. The van der Waals surface area contributed by atoms with E-state index in [1.807, 2.05) is 0 Å². The first-order valence-electron chi connectivity index (χ1n) is 6.51. The van der Waals surface area contributed by atoms with Crippen LogP contribution in [0.15, 0.2) is 0 Å². The van der Waals surface area contributed by atoms with Crippen LogP contribution in [0.25, 0.3) is 0 Å². The normalized spacial score (nSPS) is 18.1. The second kappa shape index (κ2) is 6.14. The maximum atomic E-state index is 8.25. The molecular formula is C13H26N2. The highest BCUT2D eigenvalue weighted by molar-refractivity contribution is 5.81. The van der Waals surface area contributed by atoms with E-state index in [4.69, 9.17) is 5.41 Å². The van der Waals surface area contributed by atoms with Crippen molar-refractivity contribution in [1.29, 1.82) is 5.41 Å². The van der Waals surface area contributed by atoms with Gasteiger partial charge in [-0.1, -0.05) is 33.1 Å². The van der Waals surface area contributed by atoms with Crippen molar-refractivity contribution < 1.29 is 0 Å². The van der Waals surface area contributed by atoms with Gasteiger partial charge in [0.15, 0.2) is 0 Å². The number of amidine groups is 1. The summed E-state index contributed by atoms with van der Waals surface area (Å²) in [4.78, 5) is 2.22. The van der Waals surface area contributed by atoms with Crippen molar-refractivity contribution in [3.63, 3.8) is 0 Å². The van der Waals surface area contributed by atoms with Crippen LogP contribution in [0.5, 0.6) is 0 Å². The van der Waals surface area contributed by atoms with Gasteiger partial charge < -0.3 is 4.90 Å². The second-order valence-electron chi connectivity index (χ2n) is 4.80. The quantitative estimate of drug-likeness (QED) is 0.556. The molecule has 0 bridgehead atoms. The molecule has 88 valence electrons. The van der Waals surface area contributed by atoms with Gasteiger partial charge in [0.1, 0.15) is 0 Å². The van der Waals surface area contributed by atoms with Crippen LogP contribution in [0.4, 0.5) is 0 Å². The van der Waals surface area contributed by atoms with Crippen LogP contribution in [0.2, 0.25) is 0 Å². The molecule has 1 saturated carbocycles. The van der Waals surface area contributed by atoms with Crippen molar-refractivity contribution in [1.82, 2.24) is 4.90 Å². The van der Waals surface area contributed by atoms with Crippen molar-refractivity contribution in [2.45, 2.75) is 64.8 Å². The maximum absolute atomic E-state index is 8.25. The van der Waals surface area contributed by atoms with E-state index < -0.39 is 0 Å². The summed E-state index contributed by atoms with van der Waals surface area (Å²) < 4.78 is 0. The standard InChI is InChI=1S/C13H26N2/c1-4-12(5-2)15(3)13(14)11-9-7-6-8-10-11/h11-12,14H,4-10H2,1-3H3. The van der Waals surface area contributed by atoms with Gasteiger partial charge >= 0.3 is 0 Å². The first-order valence-corrected chi connectivity index (χ1v) is 6.51. The fraction of sp³-hybridized carbons (Fsp3) is 0.923. The molecule has 0 heterocycles. The number of hydrogen-bond donors (Lipinski definition) is 1. The van der Waals surface area contributed by atoms with Gasteiger partial charge in [0.05, 0.1) is 5.84 Å². The van der Waals surface area contributed by atoms with E-state index in [9.17, 15) is 0 Å². The fourth-order valence-electron chi connectivity index (χ4n) is 2.70. The first-order chi connectivity index (χ1) is 7.20. The molecule has 1 N–H and O–H groups in total. The van der Waals surface area contributed by atoms with E-state index in [1.165, 1.54) is 32.1 Å². The van der Waals surface area contributed by atoms with Crippen molar-refractivity contribution in [2.75, 3.05) is 7.05 Å². The molecule has 0 aromatic heterocycles. The number of nitrogens with one attached hydrogen (secondary N) is 1. The summed E-state index contributed by atoms with van der Waals surface area (Å²) in [5.41, 5.74) is 0. The van der Waals surface area contributed by atoms with Crippen molar-refractivity contribution in [2.24, 2.45) is 5.92 Å². The van der Waals surface area contributed by atoms with Crippen LogP contribution in [0.1, 0.15) is 58.8 Å². The van der Waals surface area contributed by atoms with E-state index >= 15 is 0 Å². The number of nitrogens with zero attached hydrogens (tertiary/aromatic N) is 1. The topological polar surface area (TPSA) is 27.1 Å². The molecule has 1 fully saturated rings. The minimum absolute atomic E-state index is 0.546. The third-order valence-electron chi connectivity index (χ3n) is 3.86. The predicted molar refractivity (Wildman–Crippen MR) is 66.4 cm³/mol. The molecular weight excluding hydrogens is 184 g/mol. The molecule has 2 nitrogen and oxygen atoms in total. The van der Waals surface area contributed by atoms with Crippen LogP contribution in [-0.2, 0) is 0 Å². The van der Waals surface area contributed by atoms with Crippen molar-refractivity contribution >= 4 is 5.84 Å². The van der Waals surface area contributed by atoms with Gasteiger partial charge in [0, 0.05) is 19.0 Å². The van der Waals surface area contributed by atoms with Crippen LogP contribution >= 0.6 is 0 Å². The SMILES string of the molecule is CCC(CC)N(C)C(=N)C1CCCCC1. The van der Waals surface area contributed by atoms with Crippen LogP contribution in [0.3, 0.4) is 0 Å². The Bertz CT molecular complexity index is 191. The van der Waals surface area contributed by atoms with Gasteiger partial charge in [-0.25, -0.2) is 0 Å². The van der Waals surface area contributed by atoms with Gasteiger partial charge in [-0.3, -0.25) is 5.41 Å². The molecule has 15 heavy (non-hydrogen) atoms. The predicted octanol–water partition coefficient (Wildman–Crippen LogP) is 3.66. The third-order valence-corrected chi connectivity index (χ3v) is 3.86. The van der Waals surface area contributed by atoms with E-state index in [2.05, 4.69) is 25.8 Å². The molecule has 1 aliphatic carbocycles. The Hall–Kier alpha value is -0.530. The molecule has 0 amide bonds. The van der Waals surface area contributed by atoms with Gasteiger partial charge in [-0.05, 0) is 25.7 Å². The summed E-state index contributed by atoms with van der Waals surface area (Å²) >= 11 is 0.